The van der Waals surface area contributed by atoms with E-state index in [1.54, 1.807) is 14.0 Å². The van der Waals surface area contributed by atoms with Crippen molar-refractivity contribution < 1.29 is 14.3 Å². The van der Waals surface area contributed by atoms with E-state index in [0.29, 0.717) is 30.8 Å². The molecule has 0 spiro atoms. The van der Waals surface area contributed by atoms with Crippen LogP contribution in [0.3, 0.4) is 0 Å². The average molecular weight is 356 g/mol. The van der Waals surface area contributed by atoms with Crippen LogP contribution in [0.5, 0.6) is 0 Å². The Labute approximate surface area is 155 Å². The van der Waals surface area contributed by atoms with Crippen LogP contribution in [0.4, 0.5) is 0 Å². The Morgan fingerprint density at radius 3 is 1.96 bits per heavy atom. The highest BCUT2D eigenvalue weighted by Gasteiger charge is 2.27. The number of likely N-dealkylation sites (tertiary alicyclic amines) is 1. The van der Waals surface area contributed by atoms with E-state index in [1.807, 2.05) is 18.7 Å². The number of ketones is 1. The fourth-order valence-electron chi connectivity index (χ4n) is 3.38. The van der Waals surface area contributed by atoms with Crippen LogP contribution in [0.25, 0.3) is 0 Å². The van der Waals surface area contributed by atoms with E-state index in [4.69, 9.17) is 4.74 Å². The maximum absolute atomic E-state index is 12.2. The van der Waals surface area contributed by atoms with E-state index in [0.717, 1.165) is 45.1 Å². The Morgan fingerprint density at radius 1 is 0.920 bits per heavy atom. The fraction of sp³-hybridized carbons (Fsp3) is 0.905. The van der Waals surface area contributed by atoms with Crippen molar-refractivity contribution in [1.82, 2.24) is 4.90 Å². The summed E-state index contributed by atoms with van der Waals surface area (Å²) in [6.45, 7) is 7.25. The standard InChI is InChI=1S/C19H35NO3.C2H6/c1-17(21)12-9-7-5-3-4-6-8-10-14-19(22)20-15-11-13-18(20)16-23-2;1-2/h18H,3-16H2,1-2H3;1-2H3. The molecule has 0 saturated carbocycles. The fourth-order valence-corrected chi connectivity index (χ4v) is 3.38. The van der Waals surface area contributed by atoms with E-state index in [-0.39, 0.29) is 0 Å². The normalized spacial score (nSPS) is 16.5. The summed E-state index contributed by atoms with van der Waals surface area (Å²) in [6, 6.07) is 0.308. The van der Waals surface area contributed by atoms with Gasteiger partial charge in [0, 0.05) is 26.5 Å². The van der Waals surface area contributed by atoms with E-state index >= 15 is 0 Å². The number of carbonyl (C=O) groups is 2. The molecule has 0 aromatic carbocycles. The number of methoxy groups -OCH3 is 1. The Kier molecular flexibility index (Phi) is 16.0. The number of hydrogen-bond donors (Lipinski definition) is 0. The molecule has 0 aromatic heterocycles. The molecule has 4 heteroatoms. The number of nitrogens with zero attached hydrogens (tertiary/aromatic N) is 1. The first-order valence-electron chi connectivity index (χ1n) is 10.4. The summed E-state index contributed by atoms with van der Waals surface area (Å²) in [5.41, 5.74) is 0. The number of Topliss-reactive ketones (excluding diaryl/α,β-unsaturated/α-hetero) is 1. The largest absolute Gasteiger partial charge is 0.383 e. The minimum Gasteiger partial charge on any atom is -0.383 e. The van der Waals surface area contributed by atoms with Gasteiger partial charge in [0.15, 0.2) is 0 Å². The number of unbranched alkanes of at least 4 members (excludes halogenated alkanes) is 7. The molecular formula is C21H41NO3. The predicted molar refractivity (Wildman–Crippen MR) is 105 cm³/mol. The SMILES string of the molecule is CC.COCC1CCCN1C(=O)CCCCCCCCCCC(C)=O. The van der Waals surface area contributed by atoms with Crippen LogP contribution in [-0.2, 0) is 14.3 Å². The molecule has 1 amide bonds. The zero-order valence-electron chi connectivity index (χ0n) is 17.1. The van der Waals surface area contributed by atoms with E-state index in [9.17, 15) is 9.59 Å². The van der Waals surface area contributed by atoms with Crippen molar-refractivity contribution in [2.75, 3.05) is 20.3 Å². The van der Waals surface area contributed by atoms with Gasteiger partial charge in [-0.1, -0.05) is 52.4 Å². The number of rotatable bonds is 13. The lowest BCUT2D eigenvalue weighted by molar-refractivity contribution is -0.133. The van der Waals surface area contributed by atoms with E-state index in [1.165, 1.54) is 32.1 Å². The maximum atomic E-state index is 12.2. The minimum absolute atomic E-state index is 0.306. The second-order valence-electron chi connectivity index (χ2n) is 6.87. The Morgan fingerprint density at radius 2 is 1.44 bits per heavy atom. The third-order valence-electron chi connectivity index (χ3n) is 4.73. The van der Waals surface area contributed by atoms with Gasteiger partial charge >= 0.3 is 0 Å². The summed E-state index contributed by atoms with van der Waals surface area (Å²) >= 11 is 0. The number of ether oxygens (including phenoxy) is 1. The third kappa shape index (κ3) is 12.1. The predicted octanol–water partition coefficient (Wildman–Crippen LogP) is 5.14. The van der Waals surface area contributed by atoms with Gasteiger partial charge in [0.2, 0.25) is 5.91 Å². The third-order valence-corrected chi connectivity index (χ3v) is 4.73. The Hall–Kier alpha value is -0.900. The number of amides is 1. The summed E-state index contributed by atoms with van der Waals surface area (Å²) in [4.78, 5) is 25.1. The molecule has 1 aliphatic heterocycles. The number of hydrogen-bond acceptors (Lipinski definition) is 3. The quantitative estimate of drug-likeness (QED) is 0.430. The van der Waals surface area contributed by atoms with Crippen LogP contribution in [0.1, 0.15) is 97.8 Å². The molecular weight excluding hydrogens is 314 g/mol. The van der Waals surface area contributed by atoms with Crippen LogP contribution in [0, 0.1) is 0 Å². The molecule has 1 unspecified atom stereocenters. The molecule has 1 rings (SSSR count). The lowest BCUT2D eigenvalue weighted by atomic mass is 10.1. The second kappa shape index (κ2) is 16.6. The van der Waals surface area contributed by atoms with Gasteiger partial charge < -0.3 is 14.4 Å². The van der Waals surface area contributed by atoms with E-state index < -0.39 is 0 Å². The summed E-state index contributed by atoms with van der Waals surface area (Å²) in [5.74, 6) is 0.620. The summed E-state index contributed by atoms with van der Waals surface area (Å²) < 4.78 is 5.20. The molecule has 1 atom stereocenters. The molecule has 0 aromatic rings. The highest BCUT2D eigenvalue weighted by atomic mass is 16.5. The van der Waals surface area contributed by atoms with Gasteiger partial charge in [0.1, 0.15) is 5.78 Å². The van der Waals surface area contributed by atoms with Gasteiger partial charge in [-0.25, -0.2) is 0 Å². The van der Waals surface area contributed by atoms with Gasteiger partial charge in [0.05, 0.1) is 12.6 Å². The van der Waals surface area contributed by atoms with Crippen molar-refractivity contribution in [3.8, 4) is 0 Å². The smallest absolute Gasteiger partial charge is 0.222 e. The van der Waals surface area contributed by atoms with Crippen molar-refractivity contribution in [2.45, 2.75) is 104 Å². The molecule has 1 heterocycles. The molecule has 1 saturated heterocycles. The van der Waals surface area contributed by atoms with Crippen LogP contribution < -0.4 is 0 Å². The molecule has 25 heavy (non-hydrogen) atoms. The molecule has 0 bridgehead atoms. The van der Waals surface area contributed by atoms with Crippen LogP contribution in [0.15, 0.2) is 0 Å². The second-order valence-corrected chi connectivity index (χ2v) is 6.87. The van der Waals surface area contributed by atoms with Gasteiger partial charge in [0.25, 0.3) is 0 Å². The zero-order valence-corrected chi connectivity index (χ0v) is 17.1. The molecule has 148 valence electrons. The highest BCUT2D eigenvalue weighted by molar-refractivity contribution is 5.76. The van der Waals surface area contributed by atoms with Gasteiger partial charge in [-0.15, -0.1) is 0 Å². The summed E-state index contributed by atoms with van der Waals surface area (Å²) in [6.07, 6.45) is 13.0. The molecule has 0 aliphatic carbocycles. The van der Waals surface area contributed by atoms with Crippen molar-refractivity contribution in [1.29, 1.82) is 0 Å². The first-order chi connectivity index (χ1) is 12.1. The van der Waals surface area contributed by atoms with Gasteiger partial charge in [-0.05, 0) is 32.6 Å². The molecule has 0 radical (unpaired) electrons. The lowest BCUT2D eigenvalue weighted by Crippen LogP contribution is -2.37. The number of carbonyl (C=O) groups excluding carboxylic acids is 2. The molecule has 1 aliphatic rings. The molecule has 1 fully saturated rings. The summed E-state index contributed by atoms with van der Waals surface area (Å²) in [5, 5.41) is 0. The van der Waals surface area contributed by atoms with Gasteiger partial charge in [-0.3, -0.25) is 4.79 Å². The van der Waals surface area contributed by atoms with Gasteiger partial charge in [-0.2, -0.15) is 0 Å². The summed E-state index contributed by atoms with van der Waals surface area (Å²) in [7, 11) is 1.71. The van der Waals surface area contributed by atoms with Crippen molar-refractivity contribution in [3.05, 3.63) is 0 Å². The first-order valence-corrected chi connectivity index (χ1v) is 10.4. The van der Waals surface area contributed by atoms with Crippen molar-refractivity contribution in [3.63, 3.8) is 0 Å². The van der Waals surface area contributed by atoms with E-state index in [2.05, 4.69) is 0 Å². The zero-order chi connectivity index (χ0) is 18.9. The molecule has 4 nitrogen and oxygen atoms in total. The maximum Gasteiger partial charge on any atom is 0.222 e. The highest BCUT2D eigenvalue weighted by Crippen LogP contribution is 2.19. The molecule has 0 N–H and O–H groups in total. The average Bonchev–Trinajstić information content (AvgIpc) is 3.06. The minimum atomic E-state index is 0.306. The van der Waals surface area contributed by atoms with Crippen molar-refractivity contribution in [2.24, 2.45) is 0 Å². The van der Waals surface area contributed by atoms with Crippen LogP contribution in [-0.4, -0.2) is 42.9 Å². The van der Waals surface area contributed by atoms with Crippen LogP contribution in [0.2, 0.25) is 0 Å². The first kappa shape index (κ1) is 24.1. The lowest BCUT2D eigenvalue weighted by Gasteiger charge is -2.24. The van der Waals surface area contributed by atoms with Crippen molar-refractivity contribution >= 4 is 11.7 Å². The van der Waals surface area contributed by atoms with Crippen LogP contribution >= 0.6 is 0 Å². The monoisotopic (exact) mass is 355 g/mol. The Bertz CT molecular complexity index is 344. The topological polar surface area (TPSA) is 46.6 Å². The Balaban J connectivity index is 0.00000277.